The Labute approximate surface area is 161 Å². The van der Waals surface area contributed by atoms with Crippen molar-refractivity contribution in [1.29, 1.82) is 0 Å². The zero-order valence-electron chi connectivity index (χ0n) is 15.3. The van der Waals surface area contributed by atoms with Gasteiger partial charge >= 0.3 is 6.18 Å². The van der Waals surface area contributed by atoms with Gasteiger partial charge in [0.1, 0.15) is 5.52 Å². The van der Waals surface area contributed by atoms with Gasteiger partial charge in [-0.15, -0.1) is 10.2 Å². The highest BCUT2D eigenvalue weighted by Crippen LogP contribution is 2.18. The lowest BCUT2D eigenvalue weighted by Gasteiger charge is -2.34. The lowest BCUT2D eigenvalue weighted by molar-refractivity contribution is -0.148. The molecule has 3 aromatic rings. The Hall–Kier alpha value is -3.22. The van der Waals surface area contributed by atoms with Crippen molar-refractivity contribution in [3.8, 4) is 5.95 Å². The highest BCUT2D eigenvalue weighted by Gasteiger charge is 2.33. The molecule has 0 aliphatic carbocycles. The number of halogens is 3. The first-order valence-electron chi connectivity index (χ1n) is 8.82. The maximum Gasteiger partial charge on any atom is 0.401 e. The standard InChI is InChI=1S/C16H17F3N8O2/c1-10-12(14(29)25-7-5-24(6-8-25)9-16(17,18)19)21-23-27(10)15-20-13(28)11-3-2-4-26(11)22-15/h2-4H,5-9H2,1H3,(H,20,22,28). The Morgan fingerprint density at radius 3 is 2.66 bits per heavy atom. The van der Waals surface area contributed by atoms with E-state index in [2.05, 4.69) is 20.4 Å². The fourth-order valence-electron chi connectivity index (χ4n) is 3.27. The minimum Gasteiger partial charge on any atom is -0.335 e. The van der Waals surface area contributed by atoms with Crippen LogP contribution in [0.5, 0.6) is 0 Å². The molecule has 1 fully saturated rings. The van der Waals surface area contributed by atoms with Gasteiger partial charge in [0, 0.05) is 32.4 Å². The van der Waals surface area contributed by atoms with E-state index in [0.717, 1.165) is 0 Å². The SMILES string of the molecule is Cc1c(C(=O)N2CCN(CC(F)(F)F)CC2)nnn1-c1nn2cccc2c(=O)[nH]1. The largest absolute Gasteiger partial charge is 0.401 e. The fraction of sp³-hybridized carbons (Fsp3) is 0.438. The topological polar surface area (TPSA) is 104 Å². The van der Waals surface area contributed by atoms with Crippen LogP contribution in [0, 0.1) is 6.92 Å². The molecular formula is C16H17F3N8O2. The van der Waals surface area contributed by atoms with Crippen LogP contribution >= 0.6 is 0 Å². The maximum atomic E-state index is 12.8. The van der Waals surface area contributed by atoms with Crippen LogP contribution < -0.4 is 5.56 Å². The number of amides is 1. The van der Waals surface area contributed by atoms with E-state index in [1.807, 2.05) is 0 Å². The van der Waals surface area contributed by atoms with Crippen molar-refractivity contribution in [2.24, 2.45) is 0 Å². The summed E-state index contributed by atoms with van der Waals surface area (Å²) >= 11 is 0. The summed E-state index contributed by atoms with van der Waals surface area (Å²) in [6.45, 7) is 1.17. The first-order chi connectivity index (χ1) is 13.7. The maximum absolute atomic E-state index is 12.8. The fourth-order valence-corrected chi connectivity index (χ4v) is 3.27. The smallest absolute Gasteiger partial charge is 0.335 e. The molecule has 1 amide bonds. The summed E-state index contributed by atoms with van der Waals surface area (Å²) in [6.07, 6.45) is -2.66. The Morgan fingerprint density at radius 2 is 1.97 bits per heavy atom. The summed E-state index contributed by atoms with van der Waals surface area (Å²) in [5, 5.41) is 12.1. The third-order valence-corrected chi connectivity index (χ3v) is 4.75. The second kappa shape index (κ2) is 6.99. The number of fused-ring (bicyclic) bond motifs is 1. The molecule has 1 aliphatic heterocycles. The number of carbonyl (C=O) groups is 1. The summed E-state index contributed by atoms with van der Waals surface area (Å²) in [5.41, 5.74) is 0.412. The van der Waals surface area contributed by atoms with Crippen molar-refractivity contribution < 1.29 is 18.0 Å². The number of alkyl halides is 3. The van der Waals surface area contributed by atoms with Crippen LogP contribution in [0.15, 0.2) is 23.1 Å². The van der Waals surface area contributed by atoms with Crippen LogP contribution in [0.2, 0.25) is 0 Å². The van der Waals surface area contributed by atoms with Crippen molar-refractivity contribution in [3.63, 3.8) is 0 Å². The van der Waals surface area contributed by atoms with Crippen molar-refractivity contribution in [2.75, 3.05) is 32.7 Å². The minimum atomic E-state index is -4.27. The van der Waals surface area contributed by atoms with Gasteiger partial charge in [-0.05, 0) is 19.1 Å². The lowest BCUT2D eigenvalue weighted by atomic mass is 10.2. The summed E-state index contributed by atoms with van der Waals surface area (Å²) in [7, 11) is 0. The number of hydrogen-bond donors (Lipinski definition) is 1. The molecule has 154 valence electrons. The number of nitrogens with one attached hydrogen (secondary N) is 1. The zero-order chi connectivity index (χ0) is 20.8. The molecule has 10 nitrogen and oxygen atoms in total. The molecule has 0 aromatic carbocycles. The van der Waals surface area contributed by atoms with Crippen molar-refractivity contribution >= 4 is 11.4 Å². The number of rotatable bonds is 3. The summed E-state index contributed by atoms with van der Waals surface area (Å²) < 4.78 is 40.1. The molecule has 0 spiro atoms. The molecule has 1 N–H and O–H groups in total. The molecule has 1 saturated heterocycles. The molecule has 13 heteroatoms. The number of piperazine rings is 1. The van der Waals surface area contributed by atoms with Crippen LogP contribution in [-0.4, -0.2) is 84.2 Å². The number of H-pyrrole nitrogens is 1. The van der Waals surface area contributed by atoms with Gasteiger partial charge in [-0.25, -0.2) is 4.52 Å². The highest BCUT2D eigenvalue weighted by molar-refractivity contribution is 5.93. The van der Waals surface area contributed by atoms with Gasteiger partial charge in [0.2, 0.25) is 0 Å². The van der Waals surface area contributed by atoms with Gasteiger partial charge < -0.3 is 4.90 Å². The van der Waals surface area contributed by atoms with E-state index in [9.17, 15) is 22.8 Å². The Bertz CT molecular complexity index is 1110. The van der Waals surface area contributed by atoms with Gasteiger partial charge in [-0.3, -0.25) is 19.5 Å². The van der Waals surface area contributed by atoms with Crippen molar-refractivity contribution in [3.05, 3.63) is 40.1 Å². The van der Waals surface area contributed by atoms with E-state index >= 15 is 0 Å². The first kappa shape index (κ1) is 19.1. The van der Waals surface area contributed by atoms with Crippen molar-refractivity contribution in [2.45, 2.75) is 13.1 Å². The molecular weight excluding hydrogens is 393 g/mol. The summed E-state index contributed by atoms with van der Waals surface area (Å²) in [5.74, 6) is -0.331. The molecule has 1 aliphatic rings. The number of aromatic amines is 1. The molecule has 3 aromatic heterocycles. The van der Waals surface area contributed by atoms with Gasteiger partial charge in [0.15, 0.2) is 5.69 Å². The molecule has 4 heterocycles. The van der Waals surface area contributed by atoms with Gasteiger partial charge in [0.25, 0.3) is 17.4 Å². The van der Waals surface area contributed by atoms with E-state index in [0.29, 0.717) is 11.2 Å². The summed E-state index contributed by atoms with van der Waals surface area (Å²) in [6, 6.07) is 3.28. The number of carbonyl (C=O) groups excluding carboxylic acids is 1. The lowest BCUT2D eigenvalue weighted by Crippen LogP contribution is -2.51. The predicted octanol–water partition coefficient (Wildman–Crippen LogP) is 0.232. The quantitative estimate of drug-likeness (QED) is 0.663. The molecule has 0 unspecified atom stereocenters. The molecule has 0 saturated carbocycles. The number of aromatic nitrogens is 6. The molecule has 4 rings (SSSR count). The van der Waals surface area contributed by atoms with E-state index in [1.165, 1.54) is 19.0 Å². The Balaban J connectivity index is 1.52. The molecule has 0 atom stereocenters. The molecule has 0 radical (unpaired) electrons. The summed E-state index contributed by atoms with van der Waals surface area (Å²) in [4.78, 5) is 30.2. The van der Waals surface area contributed by atoms with E-state index in [1.54, 1.807) is 25.3 Å². The first-order valence-corrected chi connectivity index (χ1v) is 8.82. The second-order valence-electron chi connectivity index (χ2n) is 6.73. The Morgan fingerprint density at radius 1 is 1.24 bits per heavy atom. The van der Waals surface area contributed by atoms with Crippen molar-refractivity contribution in [1.82, 2.24) is 39.4 Å². The average molecular weight is 410 g/mol. The predicted molar refractivity (Wildman–Crippen MR) is 93.9 cm³/mol. The molecule has 0 bridgehead atoms. The van der Waals surface area contributed by atoms with Crippen LogP contribution in [0.4, 0.5) is 13.2 Å². The normalized spacial score (nSPS) is 15.9. The van der Waals surface area contributed by atoms with E-state index < -0.39 is 18.6 Å². The molecule has 29 heavy (non-hydrogen) atoms. The van der Waals surface area contributed by atoms with E-state index in [4.69, 9.17) is 0 Å². The third-order valence-electron chi connectivity index (χ3n) is 4.75. The van der Waals surface area contributed by atoms with Gasteiger partial charge in [0.05, 0.1) is 12.2 Å². The minimum absolute atomic E-state index is 0.0597. The zero-order valence-corrected chi connectivity index (χ0v) is 15.3. The number of hydrogen-bond acceptors (Lipinski definition) is 6. The second-order valence-corrected chi connectivity index (χ2v) is 6.73. The van der Waals surface area contributed by atoms with Crippen LogP contribution in [0.1, 0.15) is 16.2 Å². The van der Waals surface area contributed by atoms with E-state index in [-0.39, 0.29) is 43.4 Å². The van der Waals surface area contributed by atoms with Crippen LogP contribution in [0.3, 0.4) is 0 Å². The highest BCUT2D eigenvalue weighted by atomic mass is 19.4. The van der Waals surface area contributed by atoms with Crippen LogP contribution in [0.25, 0.3) is 11.5 Å². The Kier molecular flexibility index (Phi) is 4.61. The van der Waals surface area contributed by atoms with Gasteiger partial charge in [-0.1, -0.05) is 5.21 Å². The third kappa shape index (κ3) is 3.72. The van der Waals surface area contributed by atoms with Crippen LogP contribution in [-0.2, 0) is 0 Å². The number of nitrogens with zero attached hydrogens (tertiary/aromatic N) is 7. The monoisotopic (exact) mass is 410 g/mol. The van der Waals surface area contributed by atoms with Gasteiger partial charge in [-0.2, -0.15) is 17.9 Å². The average Bonchev–Trinajstić information content (AvgIpc) is 3.27.